The van der Waals surface area contributed by atoms with E-state index < -0.39 is 0 Å². The fourth-order valence-electron chi connectivity index (χ4n) is 3.65. The molecule has 5 heteroatoms. The number of carbonyl (C=O) groups excluding carboxylic acids is 1. The van der Waals surface area contributed by atoms with Gasteiger partial charge in [0.2, 0.25) is 0 Å². The van der Waals surface area contributed by atoms with Crippen LogP contribution in [0.2, 0.25) is 5.15 Å². The summed E-state index contributed by atoms with van der Waals surface area (Å²) in [7, 11) is 0. The van der Waals surface area contributed by atoms with E-state index in [1.165, 1.54) is 30.4 Å². The molecule has 0 radical (unpaired) electrons. The summed E-state index contributed by atoms with van der Waals surface area (Å²) in [4.78, 5) is 12.8. The van der Waals surface area contributed by atoms with E-state index in [0.717, 1.165) is 12.0 Å². The van der Waals surface area contributed by atoms with Crippen molar-refractivity contribution in [3.8, 4) is 0 Å². The molecule has 1 unspecified atom stereocenters. The normalized spacial score (nSPS) is 15.0. The van der Waals surface area contributed by atoms with Crippen LogP contribution in [0.1, 0.15) is 72.4 Å². The molecular formula is C21H28ClN3O. The Balaban J connectivity index is 1.76. The van der Waals surface area contributed by atoms with Crippen LogP contribution in [0.3, 0.4) is 0 Å². The third kappa shape index (κ3) is 3.96. The van der Waals surface area contributed by atoms with Crippen molar-refractivity contribution in [3.05, 3.63) is 51.3 Å². The van der Waals surface area contributed by atoms with Gasteiger partial charge in [0.05, 0.1) is 17.3 Å². The fourth-order valence-corrected chi connectivity index (χ4v) is 3.98. The maximum Gasteiger partial charge on any atom is 0.256 e. The molecule has 1 heterocycles. The van der Waals surface area contributed by atoms with E-state index in [2.05, 4.69) is 42.5 Å². The van der Waals surface area contributed by atoms with E-state index in [1.807, 2.05) is 13.8 Å². The third-order valence-corrected chi connectivity index (χ3v) is 5.43. The largest absolute Gasteiger partial charge is 0.345 e. The standard InChI is InChI=1S/C21H28ClN3O/c1-13(2)12-25-20(22)19(15(4)24-25)21(26)23-14(3)17-10-9-16-7-5-6-8-18(16)11-17/h9-11,13-14H,5-8,12H2,1-4H3,(H,23,26). The van der Waals surface area contributed by atoms with Crippen LogP contribution in [0.4, 0.5) is 0 Å². The number of benzene rings is 1. The average molecular weight is 374 g/mol. The fraction of sp³-hybridized carbons (Fsp3) is 0.524. The molecule has 1 atom stereocenters. The van der Waals surface area contributed by atoms with E-state index >= 15 is 0 Å². The van der Waals surface area contributed by atoms with Crippen LogP contribution in [-0.2, 0) is 19.4 Å². The van der Waals surface area contributed by atoms with E-state index in [0.29, 0.717) is 28.9 Å². The lowest BCUT2D eigenvalue weighted by molar-refractivity contribution is 0.0939. The number of halogens is 1. The van der Waals surface area contributed by atoms with Gasteiger partial charge in [0.1, 0.15) is 5.15 Å². The molecule has 140 valence electrons. The van der Waals surface area contributed by atoms with Crippen LogP contribution in [-0.4, -0.2) is 15.7 Å². The zero-order chi connectivity index (χ0) is 18.8. The van der Waals surface area contributed by atoms with Crippen molar-refractivity contribution in [3.63, 3.8) is 0 Å². The Kier molecular flexibility index (Phi) is 5.71. The summed E-state index contributed by atoms with van der Waals surface area (Å²) in [6, 6.07) is 6.52. The lowest BCUT2D eigenvalue weighted by Gasteiger charge is -2.20. The Bertz CT molecular complexity index is 810. The van der Waals surface area contributed by atoms with E-state index in [-0.39, 0.29) is 11.9 Å². The number of aryl methyl sites for hydroxylation is 3. The number of aromatic nitrogens is 2. The Hall–Kier alpha value is -1.81. The topological polar surface area (TPSA) is 46.9 Å². The summed E-state index contributed by atoms with van der Waals surface area (Å²) < 4.78 is 1.72. The predicted molar refractivity (Wildman–Crippen MR) is 106 cm³/mol. The van der Waals surface area contributed by atoms with Gasteiger partial charge in [0, 0.05) is 6.54 Å². The summed E-state index contributed by atoms with van der Waals surface area (Å²) in [6.45, 7) is 8.76. The molecule has 0 bridgehead atoms. The van der Waals surface area contributed by atoms with Gasteiger partial charge in [-0.1, -0.05) is 43.6 Å². The maximum atomic E-state index is 12.8. The first kappa shape index (κ1) is 19.0. The van der Waals surface area contributed by atoms with Gasteiger partial charge in [-0.05, 0) is 62.1 Å². The van der Waals surface area contributed by atoms with Crippen LogP contribution in [0.25, 0.3) is 0 Å². The summed E-state index contributed by atoms with van der Waals surface area (Å²) in [5, 5.41) is 7.95. The van der Waals surface area contributed by atoms with Crippen molar-refractivity contribution in [1.29, 1.82) is 0 Å². The number of amides is 1. The number of rotatable bonds is 5. The summed E-state index contributed by atoms with van der Waals surface area (Å²) in [5.74, 6) is 0.254. The highest BCUT2D eigenvalue weighted by Gasteiger charge is 2.22. The molecule has 1 N–H and O–H groups in total. The summed E-state index contributed by atoms with van der Waals surface area (Å²) >= 11 is 6.43. The van der Waals surface area contributed by atoms with Gasteiger partial charge in [-0.25, -0.2) is 0 Å². The molecule has 4 nitrogen and oxygen atoms in total. The third-order valence-electron chi connectivity index (χ3n) is 5.05. The number of fused-ring (bicyclic) bond motifs is 1. The number of hydrogen-bond acceptors (Lipinski definition) is 2. The second-order valence-corrected chi connectivity index (χ2v) is 8.12. The highest BCUT2D eigenvalue weighted by molar-refractivity contribution is 6.33. The highest BCUT2D eigenvalue weighted by atomic mass is 35.5. The van der Waals surface area contributed by atoms with Gasteiger partial charge in [-0.15, -0.1) is 0 Å². The number of nitrogens with zero attached hydrogens (tertiary/aromatic N) is 2. The first-order valence-electron chi connectivity index (χ1n) is 9.52. The van der Waals surface area contributed by atoms with Gasteiger partial charge in [0.25, 0.3) is 5.91 Å². The minimum Gasteiger partial charge on any atom is -0.345 e. The molecule has 0 saturated carbocycles. The lowest BCUT2D eigenvalue weighted by Crippen LogP contribution is -2.27. The molecule has 3 rings (SSSR count). The molecule has 0 aliphatic heterocycles. The Morgan fingerprint density at radius 1 is 1.23 bits per heavy atom. The molecular weight excluding hydrogens is 346 g/mol. The van der Waals surface area contributed by atoms with Crippen LogP contribution < -0.4 is 5.32 Å². The average Bonchev–Trinajstić information content (AvgIpc) is 2.87. The smallest absolute Gasteiger partial charge is 0.256 e. The maximum absolute atomic E-state index is 12.8. The zero-order valence-corrected chi connectivity index (χ0v) is 16.9. The molecule has 0 spiro atoms. The number of nitrogens with one attached hydrogen (secondary N) is 1. The van der Waals surface area contributed by atoms with Gasteiger partial charge >= 0.3 is 0 Å². The second kappa shape index (κ2) is 7.83. The molecule has 1 aromatic heterocycles. The molecule has 0 fully saturated rings. The van der Waals surface area contributed by atoms with E-state index in [9.17, 15) is 4.79 Å². The molecule has 0 saturated heterocycles. The van der Waals surface area contributed by atoms with Crippen molar-refractivity contribution in [2.24, 2.45) is 5.92 Å². The molecule has 1 amide bonds. The molecule has 1 aliphatic rings. The Labute approximate surface area is 160 Å². The summed E-state index contributed by atoms with van der Waals surface area (Å²) in [6.07, 6.45) is 4.83. The van der Waals surface area contributed by atoms with Crippen molar-refractivity contribution in [1.82, 2.24) is 15.1 Å². The van der Waals surface area contributed by atoms with Gasteiger partial charge in [0.15, 0.2) is 0 Å². The molecule has 2 aromatic rings. The van der Waals surface area contributed by atoms with Crippen molar-refractivity contribution in [2.45, 2.75) is 66.0 Å². The first-order chi connectivity index (χ1) is 12.4. The van der Waals surface area contributed by atoms with Crippen LogP contribution >= 0.6 is 11.6 Å². The van der Waals surface area contributed by atoms with E-state index in [4.69, 9.17) is 11.6 Å². The van der Waals surface area contributed by atoms with Gasteiger partial charge in [-0.2, -0.15) is 5.10 Å². The minimum absolute atomic E-state index is 0.0707. The van der Waals surface area contributed by atoms with Crippen LogP contribution in [0, 0.1) is 12.8 Å². The van der Waals surface area contributed by atoms with Crippen molar-refractivity contribution >= 4 is 17.5 Å². The van der Waals surface area contributed by atoms with Crippen LogP contribution in [0.5, 0.6) is 0 Å². The highest BCUT2D eigenvalue weighted by Crippen LogP contribution is 2.26. The Morgan fingerprint density at radius 2 is 1.92 bits per heavy atom. The number of hydrogen-bond donors (Lipinski definition) is 1. The first-order valence-corrected chi connectivity index (χ1v) is 9.90. The number of carbonyl (C=O) groups is 1. The Morgan fingerprint density at radius 3 is 2.62 bits per heavy atom. The van der Waals surface area contributed by atoms with Gasteiger partial charge in [-0.3, -0.25) is 9.48 Å². The monoisotopic (exact) mass is 373 g/mol. The van der Waals surface area contributed by atoms with E-state index in [1.54, 1.807) is 4.68 Å². The molecule has 26 heavy (non-hydrogen) atoms. The predicted octanol–water partition coefficient (Wildman–Crippen LogP) is 4.87. The second-order valence-electron chi connectivity index (χ2n) is 7.76. The van der Waals surface area contributed by atoms with Gasteiger partial charge < -0.3 is 5.32 Å². The molecule has 1 aromatic carbocycles. The quantitative estimate of drug-likeness (QED) is 0.812. The van der Waals surface area contributed by atoms with Crippen LogP contribution in [0.15, 0.2) is 18.2 Å². The summed E-state index contributed by atoms with van der Waals surface area (Å²) in [5.41, 5.74) is 5.17. The SMILES string of the molecule is Cc1nn(CC(C)C)c(Cl)c1C(=O)NC(C)c1ccc2c(c1)CCCC2. The van der Waals surface area contributed by atoms with Crippen molar-refractivity contribution < 1.29 is 4.79 Å². The lowest BCUT2D eigenvalue weighted by atomic mass is 9.89. The molecule has 1 aliphatic carbocycles. The minimum atomic E-state index is -0.160. The van der Waals surface area contributed by atoms with Crippen molar-refractivity contribution in [2.75, 3.05) is 0 Å². The zero-order valence-electron chi connectivity index (χ0n) is 16.1.